The predicted molar refractivity (Wildman–Crippen MR) is 62.4 cm³/mol. The molecule has 1 N–H and O–H groups in total. The van der Waals surface area contributed by atoms with Crippen molar-refractivity contribution < 1.29 is 13.2 Å². The Bertz CT molecular complexity index is 340. The highest BCUT2D eigenvalue weighted by Crippen LogP contribution is 2.19. The summed E-state index contributed by atoms with van der Waals surface area (Å²) < 4.78 is 25.1. The maximum Gasteiger partial charge on any atom is 0.224 e. The molecule has 5 nitrogen and oxygen atoms in total. The summed E-state index contributed by atoms with van der Waals surface area (Å²) in [5, 5.41) is 2.58. The van der Waals surface area contributed by atoms with Crippen LogP contribution in [0.1, 0.15) is 26.2 Å². The number of carbonyl (C=O) groups is 1. The van der Waals surface area contributed by atoms with E-state index in [1.54, 1.807) is 7.05 Å². The van der Waals surface area contributed by atoms with Crippen LogP contribution >= 0.6 is 0 Å². The summed E-state index contributed by atoms with van der Waals surface area (Å²) in [6.45, 7) is 2.73. The molecule has 16 heavy (non-hydrogen) atoms. The second-order valence-electron chi connectivity index (χ2n) is 4.13. The molecule has 1 aliphatic rings. The van der Waals surface area contributed by atoms with Crippen molar-refractivity contribution in [1.29, 1.82) is 0 Å². The van der Waals surface area contributed by atoms with Gasteiger partial charge in [-0.25, -0.2) is 12.7 Å². The molecule has 1 heterocycles. The summed E-state index contributed by atoms with van der Waals surface area (Å²) in [5.41, 5.74) is 0. The molecule has 0 radical (unpaired) electrons. The van der Waals surface area contributed by atoms with E-state index in [1.807, 2.05) is 6.92 Å². The third-order valence-electron chi connectivity index (χ3n) is 2.86. The van der Waals surface area contributed by atoms with E-state index in [1.165, 1.54) is 4.31 Å². The Morgan fingerprint density at radius 2 is 2.19 bits per heavy atom. The smallest absolute Gasteiger partial charge is 0.224 e. The minimum absolute atomic E-state index is 0.0589. The van der Waals surface area contributed by atoms with Crippen LogP contribution in [0.3, 0.4) is 0 Å². The Kier molecular flexibility index (Phi) is 4.73. The topological polar surface area (TPSA) is 66.5 Å². The number of sulfonamides is 1. The highest BCUT2D eigenvalue weighted by Gasteiger charge is 2.31. The molecule has 1 amide bonds. The van der Waals surface area contributed by atoms with Crippen molar-refractivity contribution in [1.82, 2.24) is 9.62 Å². The van der Waals surface area contributed by atoms with Crippen molar-refractivity contribution in [2.75, 3.05) is 25.9 Å². The molecule has 6 heteroatoms. The van der Waals surface area contributed by atoms with Crippen LogP contribution in [0.15, 0.2) is 0 Å². The SMILES string of the molecule is CCCS(=O)(=O)N1CCCC(C(=O)NC)C1. The minimum atomic E-state index is -3.15. The molecule has 0 aromatic carbocycles. The molecule has 0 aromatic rings. The van der Waals surface area contributed by atoms with Crippen LogP contribution in [-0.2, 0) is 14.8 Å². The lowest BCUT2D eigenvalue weighted by Crippen LogP contribution is -2.45. The van der Waals surface area contributed by atoms with Crippen LogP contribution in [0, 0.1) is 5.92 Å². The van der Waals surface area contributed by atoms with Gasteiger partial charge in [-0.05, 0) is 19.3 Å². The minimum Gasteiger partial charge on any atom is -0.359 e. The summed E-state index contributed by atoms with van der Waals surface area (Å²) >= 11 is 0. The fourth-order valence-electron chi connectivity index (χ4n) is 2.00. The third-order valence-corrected chi connectivity index (χ3v) is 4.90. The van der Waals surface area contributed by atoms with Gasteiger partial charge in [-0.2, -0.15) is 0 Å². The molecular formula is C10H20N2O3S. The highest BCUT2D eigenvalue weighted by molar-refractivity contribution is 7.89. The number of nitrogens with zero attached hydrogens (tertiary/aromatic N) is 1. The Labute approximate surface area is 97.2 Å². The van der Waals surface area contributed by atoms with E-state index in [0.717, 1.165) is 12.8 Å². The van der Waals surface area contributed by atoms with Gasteiger partial charge in [-0.1, -0.05) is 6.92 Å². The van der Waals surface area contributed by atoms with Crippen LogP contribution < -0.4 is 5.32 Å². The molecule has 0 spiro atoms. The molecular weight excluding hydrogens is 228 g/mol. The fraction of sp³-hybridized carbons (Fsp3) is 0.900. The van der Waals surface area contributed by atoms with Crippen molar-refractivity contribution in [2.24, 2.45) is 5.92 Å². The third kappa shape index (κ3) is 3.18. The van der Waals surface area contributed by atoms with Gasteiger partial charge in [0.15, 0.2) is 0 Å². The Hall–Kier alpha value is -0.620. The first kappa shape index (κ1) is 13.4. The van der Waals surface area contributed by atoms with Crippen LogP contribution in [0.2, 0.25) is 0 Å². The molecule has 1 atom stereocenters. The summed E-state index contributed by atoms with van der Waals surface area (Å²) in [5.74, 6) is -0.0743. The van der Waals surface area contributed by atoms with E-state index in [2.05, 4.69) is 5.32 Å². The maximum absolute atomic E-state index is 11.8. The summed E-state index contributed by atoms with van der Waals surface area (Å²) in [6.07, 6.45) is 2.16. The van der Waals surface area contributed by atoms with Gasteiger partial charge < -0.3 is 5.32 Å². The van der Waals surface area contributed by atoms with E-state index in [4.69, 9.17) is 0 Å². The van der Waals surface area contributed by atoms with Crippen molar-refractivity contribution in [3.8, 4) is 0 Å². The standard InChI is InChI=1S/C10H20N2O3S/c1-3-7-16(14,15)12-6-4-5-9(8-12)10(13)11-2/h9H,3-8H2,1-2H3,(H,11,13). The average molecular weight is 248 g/mol. The molecule has 0 aliphatic carbocycles. The second kappa shape index (κ2) is 5.63. The molecule has 0 aromatic heterocycles. The fourth-order valence-corrected chi connectivity index (χ4v) is 3.59. The Morgan fingerprint density at radius 3 is 2.75 bits per heavy atom. The first-order chi connectivity index (χ1) is 7.51. The highest BCUT2D eigenvalue weighted by atomic mass is 32.2. The number of rotatable bonds is 4. The van der Waals surface area contributed by atoms with Gasteiger partial charge in [-0.3, -0.25) is 4.79 Å². The van der Waals surface area contributed by atoms with E-state index in [9.17, 15) is 13.2 Å². The maximum atomic E-state index is 11.8. The van der Waals surface area contributed by atoms with Crippen LogP contribution in [0.25, 0.3) is 0 Å². The zero-order chi connectivity index (χ0) is 12.2. The Morgan fingerprint density at radius 1 is 1.50 bits per heavy atom. The van der Waals surface area contributed by atoms with E-state index >= 15 is 0 Å². The van der Waals surface area contributed by atoms with Gasteiger partial charge in [0.1, 0.15) is 0 Å². The number of hydrogen-bond donors (Lipinski definition) is 1. The van der Waals surface area contributed by atoms with Crippen molar-refractivity contribution in [3.63, 3.8) is 0 Å². The number of piperidine rings is 1. The number of carbonyl (C=O) groups excluding carboxylic acids is 1. The number of hydrogen-bond acceptors (Lipinski definition) is 3. The average Bonchev–Trinajstić information content (AvgIpc) is 2.28. The molecule has 1 fully saturated rings. The molecule has 94 valence electrons. The lowest BCUT2D eigenvalue weighted by atomic mass is 9.99. The molecule has 0 saturated carbocycles. The van der Waals surface area contributed by atoms with Gasteiger partial charge in [0.25, 0.3) is 0 Å². The van der Waals surface area contributed by atoms with E-state index in [-0.39, 0.29) is 17.6 Å². The molecule has 1 unspecified atom stereocenters. The normalized spacial score (nSPS) is 23.0. The van der Waals surface area contributed by atoms with Gasteiger partial charge in [0.2, 0.25) is 15.9 Å². The van der Waals surface area contributed by atoms with Gasteiger partial charge >= 0.3 is 0 Å². The zero-order valence-corrected chi connectivity index (χ0v) is 10.7. The van der Waals surface area contributed by atoms with Gasteiger partial charge in [0, 0.05) is 20.1 Å². The van der Waals surface area contributed by atoms with Crippen molar-refractivity contribution in [3.05, 3.63) is 0 Å². The molecule has 0 bridgehead atoms. The number of amides is 1. The van der Waals surface area contributed by atoms with Crippen LogP contribution in [0.4, 0.5) is 0 Å². The molecule has 1 saturated heterocycles. The van der Waals surface area contributed by atoms with Crippen molar-refractivity contribution in [2.45, 2.75) is 26.2 Å². The first-order valence-electron chi connectivity index (χ1n) is 5.70. The quantitative estimate of drug-likeness (QED) is 0.772. The van der Waals surface area contributed by atoms with Gasteiger partial charge in [0.05, 0.1) is 11.7 Å². The summed E-state index contributed by atoms with van der Waals surface area (Å²) in [4.78, 5) is 11.5. The summed E-state index contributed by atoms with van der Waals surface area (Å²) in [6, 6.07) is 0. The van der Waals surface area contributed by atoms with Crippen LogP contribution in [-0.4, -0.2) is 44.5 Å². The Balaban J connectivity index is 2.67. The largest absolute Gasteiger partial charge is 0.359 e. The number of nitrogens with one attached hydrogen (secondary N) is 1. The van der Waals surface area contributed by atoms with E-state index < -0.39 is 10.0 Å². The lowest BCUT2D eigenvalue weighted by molar-refractivity contribution is -0.125. The first-order valence-corrected chi connectivity index (χ1v) is 7.31. The monoisotopic (exact) mass is 248 g/mol. The molecule has 1 rings (SSSR count). The lowest BCUT2D eigenvalue weighted by Gasteiger charge is -2.30. The second-order valence-corrected chi connectivity index (χ2v) is 6.22. The van der Waals surface area contributed by atoms with E-state index in [0.29, 0.717) is 19.5 Å². The van der Waals surface area contributed by atoms with Crippen LogP contribution in [0.5, 0.6) is 0 Å². The summed E-state index contributed by atoms with van der Waals surface area (Å²) in [7, 11) is -1.57. The van der Waals surface area contributed by atoms with Crippen molar-refractivity contribution >= 4 is 15.9 Å². The zero-order valence-electron chi connectivity index (χ0n) is 9.90. The van der Waals surface area contributed by atoms with Gasteiger partial charge in [-0.15, -0.1) is 0 Å². The predicted octanol–water partition coefficient (Wildman–Crippen LogP) is 0.184. The molecule has 1 aliphatic heterocycles.